The summed E-state index contributed by atoms with van der Waals surface area (Å²) in [5.41, 5.74) is 0.612. The van der Waals surface area contributed by atoms with Crippen LogP contribution in [0, 0.1) is 5.92 Å². The van der Waals surface area contributed by atoms with Crippen LogP contribution >= 0.6 is 0 Å². The molecule has 0 radical (unpaired) electrons. The van der Waals surface area contributed by atoms with Gasteiger partial charge in [-0.1, -0.05) is 32.1 Å². The zero-order valence-electron chi connectivity index (χ0n) is 21.2. The lowest BCUT2D eigenvalue weighted by Crippen LogP contribution is -2.58. The van der Waals surface area contributed by atoms with E-state index in [0.717, 1.165) is 67.5 Å². The Morgan fingerprint density at radius 1 is 1.03 bits per heavy atom. The van der Waals surface area contributed by atoms with E-state index in [4.69, 9.17) is 0 Å². The first-order valence-corrected chi connectivity index (χ1v) is 12.7. The molecular weight excluding hydrogens is 432 g/mol. The standard InChI is InChI=1S/C26H40N4O4/c1-26(2,24(33)29(4)25(34)27-3)28-22(31)20-16-19-14-10-5-6-11-15-21(19)30(23(20)32)17-18-12-8-7-9-13-18/h16,18H,5-15,17H2,1-4H3,(H,27,34)(H,28,31). The van der Waals surface area contributed by atoms with Crippen LogP contribution in [0.2, 0.25) is 0 Å². The average molecular weight is 473 g/mol. The first-order chi connectivity index (χ1) is 16.2. The number of nitrogens with one attached hydrogen (secondary N) is 2. The molecule has 1 heterocycles. The molecular formula is C26H40N4O4. The van der Waals surface area contributed by atoms with E-state index in [1.807, 2.05) is 4.57 Å². The van der Waals surface area contributed by atoms with Crippen molar-refractivity contribution in [3.05, 3.63) is 33.2 Å². The number of fused-ring (bicyclic) bond motifs is 1. The predicted molar refractivity (Wildman–Crippen MR) is 132 cm³/mol. The van der Waals surface area contributed by atoms with Crippen molar-refractivity contribution < 1.29 is 14.4 Å². The number of aromatic nitrogens is 1. The predicted octanol–water partition coefficient (Wildman–Crippen LogP) is 3.39. The summed E-state index contributed by atoms with van der Waals surface area (Å²) in [6, 6.07) is 1.18. The molecule has 1 aromatic rings. The van der Waals surface area contributed by atoms with Crippen molar-refractivity contribution in [2.45, 2.75) is 96.6 Å². The van der Waals surface area contributed by atoms with Gasteiger partial charge in [0.2, 0.25) is 0 Å². The number of aryl methyl sites for hydroxylation is 1. The zero-order chi connectivity index (χ0) is 24.9. The number of carbonyl (C=O) groups is 3. The lowest BCUT2D eigenvalue weighted by Gasteiger charge is -2.30. The van der Waals surface area contributed by atoms with E-state index >= 15 is 0 Å². The number of carbonyl (C=O) groups excluding carboxylic acids is 3. The van der Waals surface area contributed by atoms with Crippen LogP contribution in [0.4, 0.5) is 4.79 Å². The molecule has 0 spiro atoms. The fourth-order valence-corrected chi connectivity index (χ4v) is 5.30. The van der Waals surface area contributed by atoms with Gasteiger partial charge in [0.05, 0.1) is 0 Å². The third kappa shape index (κ3) is 5.88. The van der Waals surface area contributed by atoms with Gasteiger partial charge in [-0.3, -0.25) is 19.3 Å². The third-order valence-corrected chi connectivity index (χ3v) is 7.29. The van der Waals surface area contributed by atoms with Gasteiger partial charge in [0, 0.05) is 26.3 Å². The van der Waals surface area contributed by atoms with Crippen LogP contribution in [0.5, 0.6) is 0 Å². The third-order valence-electron chi connectivity index (χ3n) is 7.29. The van der Waals surface area contributed by atoms with Gasteiger partial charge in [0.25, 0.3) is 17.4 Å². The highest BCUT2D eigenvalue weighted by Gasteiger charge is 2.35. The Labute approximate surface area is 202 Å². The van der Waals surface area contributed by atoms with Crippen LogP contribution in [0.1, 0.15) is 93.3 Å². The Morgan fingerprint density at radius 2 is 1.65 bits per heavy atom. The summed E-state index contributed by atoms with van der Waals surface area (Å²) in [5.74, 6) is -0.677. The smallest absolute Gasteiger partial charge is 0.323 e. The summed E-state index contributed by atoms with van der Waals surface area (Å²) >= 11 is 0. The second-order valence-corrected chi connectivity index (χ2v) is 10.4. The molecule has 8 nitrogen and oxygen atoms in total. The second-order valence-electron chi connectivity index (χ2n) is 10.4. The molecule has 0 aliphatic heterocycles. The Hall–Kier alpha value is -2.64. The minimum absolute atomic E-state index is 0.0820. The highest BCUT2D eigenvalue weighted by atomic mass is 16.2. The number of nitrogens with zero attached hydrogens (tertiary/aromatic N) is 2. The van der Waals surface area contributed by atoms with Crippen molar-refractivity contribution in [1.82, 2.24) is 20.1 Å². The van der Waals surface area contributed by atoms with Gasteiger partial charge >= 0.3 is 6.03 Å². The van der Waals surface area contributed by atoms with E-state index in [1.165, 1.54) is 33.4 Å². The normalized spacial score (nSPS) is 17.2. The Balaban J connectivity index is 1.95. The summed E-state index contributed by atoms with van der Waals surface area (Å²) in [5, 5.41) is 5.12. The molecule has 188 valence electrons. The highest BCUT2D eigenvalue weighted by molar-refractivity contribution is 6.03. The number of hydrogen-bond donors (Lipinski definition) is 2. The lowest BCUT2D eigenvalue weighted by molar-refractivity contribution is -0.132. The van der Waals surface area contributed by atoms with Gasteiger partial charge in [0.1, 0.15) is 11.1 Å². The van der Waals surface area contributed by atoms with Crippen LogP contribution in [0.25, 0.3) is 0 Å². The molecule has 0 bridgehead atoms. The van der Waals surface area contributed by atoms with Crippen molar-refractivity contribution in [1.29, 1.82) is 0 Å². The molecule has 34 heavy (non-hydrogen) atoms. The summed E-state index contributed by atoms with van der Waals surface area (Å²) < 4.78 is 1.87. The molecule has 0 atom stereocenters. The SMILES string of the molecule is CNC(=O)N(C)C(=O)C(C)(C)NC(=O)c1cc2c(n(CC3CCCCC3)c1=O)CCCCCC2. The minimum Gasteiger partial charge on any atom is -0.341 e. The van der Waals surface area contributed by atoms with Crippen LogP contribution in [-0.4, -0.2) is 46.9 Å². The number of urea groups is 1. The van der Waals surface area contributed by atoms with Gasteiger partial charge in [-0.2, -0.15) is 0 Å². The molecule has 1 aromatic heterocycles. The number of pyridine rings is 1. The average Bonchev–Trinajstić information content (AvgIpc) is 2.80. The number of hydrogen-bond acceptors (Lipinski definition) is 4. The number of likely N-dealkylation sites (N-methyl/N-ethyl adjacent to an activating group) is 1. The van der Waals surface area contributed by atoms with Gasteiger partial charge in [-0.15, -0.1) is 0 Å². The molecule has 3 rings (SSSR count). The zero-order valence-corrected chi connectivity index (χ0v) is 21.2. The maximum absolute atomic E-state index is 13.6. The van der Waals surface area contributed by atoms with Crippen molar-refractivity contribution in [2.75, 3.05) is 14.1 Å². The molecule has 2 aliphatic carbocycles. The van der Waals surface area contributed by atoms with E-state index in [0.29, 0.717) is 12.5 Å². The Morgan fingerprint density at radius 3 is 2.29 bits per heavy atom. The Kier molecular flexibility index (Phi) is 8.55. The van der Waals surface area contributed by atoms with Crippen molar-refractivity contribution in [3.8, 4) is 0 Å². The van der Waals surface area contributed by atoms with E-state index in [2.05, 4.69) is 10.6 Å². The molecule has 0 saturated heterocycles. The van der Waals surface area contributed by atoms with Gasteiger partial charge in [0.15, 0.2) is 0 Å². The Bertz CT molecular complexity index is 976. The van der Waals surface area contributed by atoms with Crippen LogP contribution in [0.15, 0.2) is 10.9 Å². The molecule has 8 heteroatoms. The molecule has 1 saturated carbocycles. The monoisotopic (exact) mass is 472 g/mol. The second kappa shape index (κ2) is 11.2. The number of amides is 4. The maximum atomic E-state index is 13.6. The van der Waals surface area contributed by atoms with Gasteiger partial charge < -0.3 is 15.2 Å². The molecule has 4 amide bonds. The fraction of sp³-hybridized carbons (Fsp3) is 0.692. The van der Waals surface area contributed by atoms with E-state index in [9.17, 15) is 19.2 Å². The fourth-order valence-electron chi connectivity index (χ4n) is 5.30. The van der Waals surface area contributed by atoms with Crippen molar-refractivity contribution in [3.63, 3.8) is 0 Å². The quantitative estimate of drug-likeness (QED) is 0.686. The number of imide groups is 1. The molecule has 2 aliphatic rings. The van der Waals surface area contributed by atoms with Crippen molar-refractivity contribution in [2.24, 2.45) is 5.92 Å². The maximum Gasteiger partial charge on any atom is 0.323 e. The number of rotatable bonds is 5. The van der Waals surface area contributed by atoms with Gasteiger partial charge in [-0.25, -0.2) is 4.79 Å². The minimum atomic E-state index is -1.36. The van der Waals surface area contributed by atoms with E-state index in [-0.39, 0.29) is 11.1 Å². The van der Waals surface area contributed by atoms with Crippen LogP contribution in [0.3, 0.4) is 0 Å². The highest BCUT2D eigenvalue weighted by Crippen LogP contribution is 2.27. The van der Waals surface area contributed by atoms with Gasteiger partial charge in [-0.05, 0) is 69.9 Å². The molecule has 0 unspecified atom stereocenters. The van der Waals surface area contributed by atoms with E-state index in [1.54, 1.807) is 19.9 Å². The lowest BCUT2D eigenvalue weighted by atomic mass is 9.88. The van der Waals surface area contributed by atoms with Crippen LogP contribution in [-0.2, 0) is 24.2 Å². The topological polar surface area (TPSA) is 101 Å². The van der Waals surface area contributed by atoms with Crippen LogP contribution < -0.4 is 16.2 Å². The summed E-state index contributed by atoms with van der Waals surface area (Å²) in [4.78, 5) is 52.6. The summed E-state index contributed by atoms with van der Waals surface area (Å²) in [6.07, 6.45) is 12.0. The molecule has 0 aromatic carbocycles. The largest absolute Gasteiger partial charge is 0.341 e. The van der Waals surface area contributed by atoms with Crippen molar-refractivity contribution >= 4 is 17.8 Å². The molecule has 1 fully saturated rings. The first-order valence-electron chi connectivity index (χ1n) is 12.7. The summed E-state index contributed by atoms with van der Waals surface area (Å²) in [6.45, 7) is 3.74. The molecule has 2 N–H and O–H groups in total. The summed E-state index contributed by atoms with van der Waals surface area (Å²) in [7, 11) is 2.79. The first kappa shape index (κ1) is 26.0. The van der Waals surface area contributed by atoms with E-state index < -0.39 is 23.4 Å².